The minimum absolute atomic E-state index is 0.170. The molecule has 1 aliphatic rings. The minimum Gasteiger partial charge on any atom is -0.493 e. The zero-order chi connectivity index (χ0) is 19.4. The van der Waals surface area contributed by atoms with Crippen molar-refractivity contribution >= 4 is 11.9 Å². The average molecular weight is 366 g/mol. The number of amides is 1. The molecule has 0 fully saturated rings. The molecule has 1 N–H and O–H groups in total. The van der Waals surface area contributed by atoms with Gasteiger partial charge in [-0.3, -0.25) is 4.79 Å². The molecule has 0 saturated carbocycles. The van der Waals surface area contributed by atoms with E-state index >= 15 is 0 Å². The van der Waals surface area contributed by atoms with Crippen molar-refractivity contribution in [3.05, 3.63) is 58.7 Å². The molecule has 0 bridgehead atoms. The van der Waals surface area contributed by atoms with Gasteiger partial charge in [-0.2, -0.15) is 5.26 Å². The zero-order valence-corrected chi connectivity index (χ0v) is 14.8. The first-order valence-electron chi connectivity index (χ1n) is 8.35. The van der Waals surface area contributed by atoms with E-state index in [1.807, 2.05) is 6.07 Å². The Kier molecular flexibility index (Phi) is 5.27. The van der Waals surface area contributed by atoms with E-state index in [0.717, 1.165) is 11.1 Å². The number of methoxy groups -OCH3 is 1. The number of hydrogen-bond acceptors (Lipinski definition) is 5. The number of carbonyl (C=O) groups is 2. The second-order valence-corrected chi connectivity index (χ2v) is 6.12. The standard InChI is InChI=1S/C20H18N2O5/c1-26-18-8-13(10-21)2-5-17(18)27-12-19(23)22-7-6-14-3-4-15(20(24)25)9-16(14)11-22/h2-5,8-9H,6-7,11-12H2,1H3,(H,24,25). The topological polar surface area (TPSA) is 99.9 Å². The predicted octanol–water partition coefficient (Wildman–Crippen LogP) is 2.23. The molecule has 7 nitrogen and oxygen atoms in total. The van der Waals surface area contributed by atoms with Gasteiger partial charge in [-0.15, -0.1) is 0 Å². The van der Waals surface area contributed by atoms with Crippen molar-refractivity contribution in [1.82, 2.24) is 4.90 Å². The number of aromatic carboxylic acids is 1. The number of carboxylic acid groups (broad SMARTS) is 1. The fraction of sp³-hybridized carbons (Fsp3) is 0.250. The van der Waals surface area contributed by atoms with E-state index < -0.39 is 5.97 Å². The number of rotatable bonds is 5. The third-order valence-corrected chi connectivity index (χ3v) is 4.46. The lowest BCUT2D eigenvalue weighted by atomic mass is 9.97. The van der Waals surface area contributed by atoms with Crippen LogP contribution in [0.3, 0.4) is 0 Å². The Morgan fingerprint density at radius 1 is 1.19 bits per heavy atom. The Labute approximate surface area is 156 Å². The van der Waals surface area contributed by atoms with Crippen molar-refractivity contribution in [1.29, 1.82) is 5.26 Å². The molecule has 0 aromatic heterocycles. The van der Waals surface area contributed by atoms with E-state index in [4.69, 9.17) is 19.8 Å². The number of carbonyl (C=O) groups excluding carboxylic acids is 1. The number of carboxylic acids is 1. The minimum atomic E-state index is -0.988. The molecule has 0 unspecified atom stereocenters. The summed E-state index contributed by atoms with van der Waals surface area (Å²) in [6.45, 7) is 0.728. The van der Waals surface area contributed by atoms with Gasteiger partial charge >= 0.3 is 5.97 Å². The Morgan fingerprint density at radius 3 is 2.70 bits per heavy atom. The van der Waals surface area contributed by atoms with Gasteiger partial charge in [0.1, 0.15) is 0 Å². The Hall–Kier alpha value is -3.53. The highest BCUT2D eigenvalue weighted by molar-refractivity contribution is 5.88. The summed E-state index contributed by atoms with van der Waals surface area (Å²) in [6.07, 6.45) is 0.668. The maximum absolute atomic E-state index is 12.5. The third-order valence-electron chi connectivity index (χ3n) is 4.46. The summed E-state index contributed by atoms with van der Waals surface area (Å²) in [5.74, 6) is -0.419. The molecule has 7 heteroatoms. The molecule has 27 heavy (non-hydrogen) atoms. The van der Waals surface area contributed by atoms with Crippen LogP contribution in [-0.2, 0) is 17.8 Å². The second-order valence-electron chi connectivity index (χ2n) is 6.12. The Bertz CT molecular complexity index is 932. The van der Waals surface area contributed by atoms with Crippen LogP contribution in [0.4, 0.5) is 0 Å². The fourth-order valence-corrected chi connectivity index (χ4v) is 2.99. The van der Waals surface area contributed by atoms with Gasteiger partial charge in [0.25, 0.3) is 5.91 Å². The largest absolute Gasteiger partial charge is 0.493 e. The normalized spacial score (nSPS) is 12.7. The lowest BCUT2D eigenvalue weighted by Crippen LogP contribution is -2.39. The van der Waals surface area contributed by atoms with E-state index in [-0.39, 0.29) is 18.1 Å². The third kappa shape index (κ3) is 4.01. The molecule has 0 saturated heterocycles. The molecule has 1 amide bonds. The van der Waals surface area contributed by atoms with Crippen molar-refractivity contribution in [3.8, 4) is 17.6 Å². The first-order valence-corrected chi connectivity index (χ1v) is 8.35. The second kappa shape index (κ2) is 7.79. The number of hydrogen-bond donors (Lipinski definition) is 1. The van der Waals surface area contributed by atoms with Crippen LogP contribution in [0.15, 0.2) is 36.4 Å². The predicted molar refractivity (Wildman–Crippen MR) is 95.7 cm³/mol. The molecular formula is C20H18N2O5. The van der Waals surface area contributed by atoms with Gasteiger partial charge in [-0.05, 0) is 41.8 Å². The molecule has 0 spiro atoms. The van der Waals surface area contributed by atoms with Crippen LogP contribution in [0.5, 0.6) is 11.5 Å². The van der Waals surface area contributed by atoms with Crippen molar-refractivity contribution in [2.45, 2.75) is 13.0 Å². The summed E-state index contributed by atoms with van der Waals surface area (Å²) in [5, 5.41) is 18.1. The van der Waals surface area contributed by atoms with Crippen LogP contribution < -0.4 is 9.47 Å². The lowest BCUT2D eigenvalue weighted by Gasteiger charge is -2.29. The summed E-state index contributed by atoms with van der Waals surface area (Å²) < 4.78 is 10.8. The molecular weight excluding hydrogens is 348 g/mol. The molecule has 1 aliphatic heterocycles. The highest BCUT2D eigenvalue weighted by Gasteiger charge is 2.22. The molecule has 3 rings (SSSR count). The van der Waals surface area contributed by atoms with Crippen LogP contribution in [0, 0.1) is 11.3 Å². The molecule has 138 valence electrons. The summed E-state index contributed by atoms with van der Waals surface area (Å²) in [5.41, 5.74) is 2.54. The first kappa shape index (κ1) is 18.3. The molecule has 1 heterocycles. The van der Waals surface area contributed by atoms with Gasteiger partial charge < -0.3 is 19.5 Å². The van der Waals surface area contributed by atoms with Gasteiger partial charge in [0.05, 0.1) is 24.3 Å². The van der Waals surface area contributed by atoms with E-state index in [1.54, 1.807) is 41.3 Å². The van der Waals surface area contributed by atoms with Crippen LogP contribution in [0.25, 0.3) is 0 Å². The van der Waals surface area contributed by atoms with Crippen molar-refractivity contribution < 1.29 is 24.2 Å². The van der Waals surface area contributed by atoms with E-state index in [2.05, 4.69) is 0 Å². The SMILES string of the molecule is COc1cc(C#N)ccc1OCC(=O)N1CCc2ccc(C(=O)O)cc2C1. The number of benzene rings is 2. The number of ether oxygens (including phenoxy) is 2. The highest BCUT2D eigenvalue weighted by Crippen LogP contribution is 2.28. The van der Waals surface area contributed by atoms with Crippen LogP contribution in [0.1, 0.15) is 27.0 Å². The van der Waals surface area contributed by atoms with Crippen LogP contribution in [-0.4, -0.2) is 42.1 Å². The van der Waals surface area contributed by atoms with Crippen LogP contribution >= 0.6 is 0 Å². The highest BCUT2D eigenvalue weighted by atomic mass is 16.5. The average Bonchev–Trinajstić information content (AvgIpc) is 2.70. The zero-order valence-electron chi connectivity index (χ0n) is 14.8. The van der Waals surface area contributed by atoms with Crippen molar-refractivity contribution in [2.75, 3.05) is 20.3 Å². The summed E-state index contributed by atoms with van der Waals surface area (Å²) >= 11 is 0. The summed E-state index contributed by atoms with van der Waals surface area (Å²) in [6, 6.07) is 11.7. The van der Waals surface area contributed by atoms with E-state index in [1.165, 1.54) is 7.11 Å². The molecule has 0 aliphatic carbocycles. The van der Waals surface area contributed by atoms with Gasteiger partial charge in [0.15, 0.2) is 18.1 Å². The quantitative estimate of drug-likeness (QED) is 0.871. The number of nitrogens with zero attached hydrogens (tertiary/aromatic N) is 2. The Balaban J connectivity index is 1.67. The molecule has 0 atom stereocenters. The summed E-state index contributed by atoms with van der Waals surface area (Å²) in [4.78, 5) is 25.3. The first-order chi connectivity index (χ1) is 13.0. The smallest absolute Gasteiger partial charge is 0.335 e. The van der Waals surface area contributed by atoms with Crippen molar-refractivity contribution in [2.24, 2.45) is 0 Å². The van der Waals surface area contributed by atoms with Crippen LogP contribution in [0.2, 0.25) is 0 Å². The molecule has 0 radical (unpaired) electrons. The van der Waals surface area contributed by atoms with Gasteiger partial charge in [-0.25, -0.2) is 4.79 Å². The number of nitriles is 1. The summed E-state index contributed by atoms with van der Waals surface area (Å²) in [7, 11) is 1.47. The Morgan fingerprint density at radius 2 is 2.00 bits per heavy atom. The molecule has 2 aromatic carbocycles. The van der Waals surface area contributed by atoms with E-state index in [0.29, 0.717) is 36.6 Å². The van der Waals surface area contributed by atoms with Crippen molar-refractivity contribution in [3.63, 3.8) is 0 Å². The van der Waals surface area contributed by atoms with Gasteiger partial charge in [0, 0.05) is 19.2 Å². The number of fused-ring (bicyclic) bond motifs is 1. The fourth-order valence-electron chi connectivity index (χ4n) is 2.99. The maximum atomic E-state index is 12.5. The molecule has 2 aromatic rings. The van der Waals surface area contributed by atoms with Gasteiger partial charge in [0.2, 0.25) is 0 Å². The van der Waals surface area contributed by atoms with Gasteiger partial charge in [-0.1, -0.05) is 6.07 Å². The van der Waals surface area contributed by atoms with E-state index in [9.17, 15) is 9.59 Å². The lowest BCUT2D eigenvalue weighted by molar-refractivity contribution is -0.134. The maximum Gasteiger partial charge on any atom is 0.335 e. The monoisotopic (exact) mass is 366 g/mol.